The second-order valence-electron chi connectivity index (χ2n) is 5.84. The van der Waals surface area contributed by atoms with Gasteiger partial charge in [0.25, 0.3) is 0 Å². The molecule has 0 aromatic heterocycles. The monoisotopic (exact) mass is 284 g/mol. The number of carboxylic acids is 1. The Hall–Kier alpha value is -1.30. The molecular formula is C14H24N2O4. The largest absolute Gasteiger partial charge is 0.480 e. The molecule has 2 N–H and O–H groups in total. The van der Waals surface area contributed by atoms with Gasteiger partial charge >= 0.3 is 12.0 Å². The van der Waals surface area contributed by atoms with E-state index in [1.807, 2.05) is 0 Å². The summed E-state index contributed by atoms with van der Waals surface area (Å²) < 4.78 is 5.67. The Morgan fingerprint density at radius 1 is 1.35 bits per heavy atom. The van der Waals surface area contributed by atoms with Crippen LogP contribution in [0.15, 0.2) is 0 Å². The number of urea groups is 1. The van der Waals surface area contributed by atoms with Crippen molar-refractivity contribution in [2.45, 2.75) is 57.1 Å². The molecule has 1 aliphatic carbocycles. The van der Waals surface area contributed by atoms with Crippen molar-refractivity contribution in [2.24, 2.45) is 0 Å². The van der Waals surface area contributed by atoms with Gasteiger partial charge in [-0.3, -0.25) is 0 Å². The van der Waals surface area contributed by atoms with Crippen molar-refractivity contribution in [1.82, 2.24) is 10.2 Å². The lowest BCUT2D eigenvalue weighted by Crippen LogP contribution is -2.54. The zero-order valence-corrected chi connectivity index (χ0v) is 12.1. The summed E-state index contributed by atoms with van der Waals surface area (Å²) in [5, 5.41) is 12.0. The molecule has 114 valence electrons. The molecule has 2 fully saturated rings. The van der Waals surface area contributed by atoms with Crippen LogP contribution in [0.25, 0.3) is 0 Å². The molecule has 20 heavy (non-hydrogen) atoms. The summed E-state index contributed by atoms with van der Waals surface area (Å²) in [6, 6.07) is -0.303. The van der Waals surface area contributed by atoms with Crippen molar-refractivity contribution in [3.05, 3.63) is 0 Å². The molecule has 1 saturated carbocycles. The molecule has 1 heterocycles. The second kappa shape index (κ2) is 6.43. The van der Waals surface area contributed by atoms with E-state index in [-0.39, 0.29) is 6.03 Å². The van der Waals surface area contributed by atoms with E-state index in [0.717, 1.165) is 19.3 Å². The van der Waals surface area contributed by atoms with Gasteiger partial charge in [-0.1, -0.05) is 12.8 Å². The summed E-state index contributed by atoms with van der Waals surface area (Å²) in [6.07, 6.45) is 6.24. The average molecular weight is 284 g/mol. The lowest BCUT2D eigenvalue weighted by Gasteiger charge is -2.31. The van der Waals surface area contributed by atoms with Crippen LogP contribution >= 0.6 is 0 Å². The van der Waals surface area contributed by atoms with Crippen LogP contribution in [0.4, 0.5) is 4.79 Å². The van der Waals surface area contributed by atoms with Gasteiger partial charge in [0.05, 0.1) is 12.7 Å². The first-order chi connectivity index (χ1) is 9.54. The fourth-order valence-corrected chi connectivity index (χ4v) is 3.05. The van der Waals surface area contributed by atoms with Crippen LogP contribution in [-0.4, -0.2) is 53.3 Å². The van der Waals surface area contributed by atoms with Gasteiger partial charge in [-0.2, -0.15) is 0 Å². The van der Waals surface area contributed by atoms with E-state index in [2.05, 4.69) is 5.32 Å². The van der Waals surface area contributed by atoms with E-state index in [4.69, 9.17) is 4.74 Å². The number of carbonyl (C=O) groups excluding carboxylic acids is 1. The third-order valence-corrected chi connectivity index (χ3v) is 4.38. The number of aliphatic carboxylic acids is 1. The van der Waals surface area contributed by atoms with Crippen LogP contribution in [0.3, 0.4) is 0 Å². The molecule has 2 aliphatic rings. The number of likely N-dealkylation sites (tertiary alicyclic amines) is 1. The van der Waals surface area contributed by atoms with Crippen molar-refractivity contribution in [1.29, 1.82) is 0 Å². The van der Waals surface area contributed by atoms with Crippen LogP contribution in [-0.2, 0) is 9.53 Å². The van der Waals surface area contributed by atoms with Crippen LogP contribution in [0.2, 0.25) is 0 Å². The highest BCUT2D eigenvalue weighted by Crippen LogP contribution is 2.29. The number of carboxylic acid groups (broad SMARTS) is 1. The van der Waals surface area contributed by atoms with E-state index < -0.39 is 11.5 Å². The number of amides is 2. The molecule has 1 aliphatic heterocycles. The van der Waals surface area contributed by atoms with E-state index in [9.17, 15) is 14.7 Å². The van der Waals surface area contributed by atoms with Gasteiger partial charge in [-0.25, -0.2) is 9.59 Å². The minimum Gasteiger partial charge on any atom is -0.480 e. The maximum Gasteiger partial charge on any atom is 0.329 e. The Labute approximate surface area is 119 Å². The fourth-order valence-electron chi connectivity index (χ4n) is 3.05. The molecule has 0 spiro atoms. The lowest BCUT2D eigenvalue weighted by atomic mass is 10.00. The number of carbonyl (C=O) groups is 2. The summed E-state index contributed by atoms with van der Waals surface area (Å²) in [5.41, 5.74) is -1.07. The first-order valence-electron chi connectivity index (χ1n) is 7.44. The number of hydrogen-bond acceptors (Lipinski definition) is 3. The smallest absolute Gasteiger partial charge is 0.329 e. The number of ether oxygens (including phenoxy) is 1. The SMILES string of the molecule is CC1(C(=O)O)CCCN1C(=O)NCCOC1CCCC1. The van der Waals surface area contributed by atoms with E-state index in [1.54, 1.807) is 6.92 Å². The summed E-state index contributed by atoms with van der Waals surface area (Å²) in [4.78, 5) is 24.8. The van der Waals surface area contributed by atoms with Gasteiger partial charge in [-0.15, -0.1) is 0 Å². The Kier molecular flexibility index (Phi) is 4.86. The Morgan fingerprint density at radius 2 is 2.05 bits per heavy atom. The third kappa shape index (κ3) is 3.23. The molecule has 2 amide bonds. The Balaban J connectivity index is 1.72. The second-order valence-corrected chi connectivity index (χ2v) is 5.84. The summed E-state index contributed by atoms with van der Waals surface area (Å²) >= 11 is 0. The number of nitrogens with one attached hydrogen (secondary N) is 1. The number of rotatable bonds is 5. The maximum absolute atomic E-state index is 12.1. The van der Waals surface area contributed by atoms with Gasteiger partial charge in [-0.05, 0) is 32.6 Å². The maximum atomic E-state index is 12.1. The van der Waals surface area contributed by atoms with Gasteiger partial charge < -0.3 is 20.1 Å². The highest BCUT2D eigenvalue weighted by atomic mass is 16.5. The van der Waals surface area contributed by atoms with E-state index >= 15 is 0 Å². The molecular weight excluding hydrogens is 260 g/mol. The lowest BCUT2D eigenvalue weighted by molar-refractivity contribution is -0.147. The fraction of sp³-hybridized carbons (Fsp3) is 0.857. The minimum absolute atomic E-state index is 0.303. The molecule has 0 aromatic rings. The molecule has 6 nitrogen and oxygen atoms in total. The molecule has 0 bridgehead atoms. The van der Waals surface area contributed by atoms with Gasteiger partial charge in [0.15, 0.2) is 0 Å². The molecule has 1 unspecified atom stereocenters. The van der Waals surface area contributed by atoms with Gasteiger partial charge in [0, 0.05) is 13.1 Å². The summed E-state index contributed by atoms with van der Waals surface area (Å²) in [6.45, 7) is 3.03. The van der Waals surface area contributed by atoms with Gasteiger partial charge in [0.2, 0.25) is 0 Å². The van der Waals surface area contributed by atoms with Crippen molar-refractivity contribution in [3.8, 4) is 0 Å². The molecule has 1 atom stereocenters. The van der Waals surface area contributed by atoms with Crippen LogP contribution in [0, 0.1) is 0 Å². The molecule has 0 aromatic carbocycles. The summed E-state index contributed by atoms with van der Waals surface area (Å²) in [7, 11) is 0. The topological polar surface area (TPSA) is 78.9 Å². The predicted molar refractivity (Wildman–Crippen MR) is 73.6 cm³/mol. The number of nitrogens with zero attached hydrogens (tertiary/aromatic N) is 1. The quantitative estimate of drug-likeness (QED) is 0.752. The minimum atomic E-state index is -1.07. The van der Waals surface area contributed by atoms with Gasteiger partial charge in [0.1, 0.15) is 5.54 Å². The average Bonchev–Trinajstić information content (AvgIpc) is 3.04. The van der Waals surface area contributed by atoms with E-state index in [0.29, 0.717) is 32.2 Å². The molecule has 2 rings (SSSR count). The highest BCUT2D eigenvalue weighted by Gasteiger charge is 2.45. The first-order valence-corrected chi connectivity index (χ1v) is 7.44. The normalized spacial score (nSPS) is 26.9. The molecule has 0 radical (unpaired) electrons. The zero-order chi connectivity index (χ0) is 14.6. The third-order valence-electron chi connectivity index (χ3n) is 4.38. The first kappa shape index (κ1) is 15.1. The highest BCUT2D eigenvalue weighted by molar-refractivity contribution is 5.86. The van der Waals surface area contributed by atoms with Crippen LogP contribution in [0.1, 0.15) is 45.4 Å². The Bertz CT molecular complexity index is 368. The van der Waals surface area contributed by atoms with Crippen molar-refractivity contribution >= 4 is 12.0 Å². The van der Waals surface area contributed by atoms with Crippen LogP contribution < -0.4 is 5.32 Å². The van der Waals surface area contributed by atoms with Crippen LogP contribution in [0.5, 0.6) is 0 Å². The molecule has 6 heteroatoms. The van der Waals surface area contributed by atoms with Crippen molar-refractivity contribution in [3.63, 3.8) is 0 Å². The molecule has 1 saturated heterocycles. The van der Waals surface area contributed by atoms with E-state index in [1.165, 1.54) is 17.7 Å². The predicted octanol–water partition coefficient (Wildman–Crippen LogP) is 1.59. The van der Waals surface area contributed by atoms with Crippen molar-refractivity contribution < 1.29 is 19.4 Å². The van der Waals surface area contributed by atoms with Crippen molar-refractivity contribution in [2.75, 3.05) is 19.7 Å². The summed E-state index contributed by atoms with van der Waals surface area (Å²) in [5.74, 6) is -0.938. The standard InChI is InChI=1S/C14H24N2O4/c1-14(12(17)18)7-4-9-16(14)13(19)15-8-10-20-11-5-2-3-6-11/h11H,2-10H2,1H3,(H,15,19)(H,17,18). The Morgan fingerprint density at radius 3 is 2.70 bits per heavy atom. The number of hydrogen-bond donors (Lipinski definition) is 2. The zero-order valence-electron chi connectivity index (χ0n) is 12.1.